The van der Waals surface area contributed by atoms with E-state index >= 15 is 0 Å². The van der Waals surface area contributed by atoms with E-state index in [9.17, 15) is 13.2 Å². The molecule has 1 fully saturated rings. The van der Waals surface area contributed by atoms with Crippen molar-refractivity contribution in [2.45, 2.75) is 19.3 Å². The number of nitrogens with zero attached hydrogens (tertiary/aromatic N) is 4. The van der Waals surface area contributed by atoms with E-state index < -0.39 is 9.84 Å². The summed E-state index contributed by atoms with van der Waals surface area (Å²) in [6.45, 7) is 0.569. The van der Waals surface area contributed by atoms with Crippen molar-refractivity contribution in [1.82, 2.24) is 20.0 Å². The van der Waals surface area contributed by atoms with E-state index in [4.69, 9.17) is 4.52 Å². The molecule has 0 aliphatic carbocycles. The first-order valence-corrected chi connectivity index (χ1v) is 9.57. The number of sulfone groups is 1. The van der Waals surface area contributed by atoms with E-state index in [-0.39, 0.29) is 30.5 Å². The Morgan fingerprint density at radius 1 is 1.29 bits per heavy atom. The predicted octanol–water partition coefficient (Wildman–Crippen LogP) is 0.711. The molecule has 128 valence electrons. The number of hydrogen-bond acceptors (Lipinski definition) is 7. The van der Waals surface area contributed by atoms with Crippen molar-refractivity contribution in [2.75, 3.05) is 24.6 Å². The van der Waals surface area contributed by atoms with Gasteiger partial charge in [0.1, 0.15) is 0 Å². The zero-order valence-electron chi connectivity index (χ0n) is 13.1. The highest BCUT2D eigenvalue weighted by Gasteiger charge is 2.24. The molecule has 0 bridgehead atoms. The molecule has 0 aromatic carbocycles. The van der Waals surface area contributed by atoms with Crippen LogP contribution in [0.1, 0.15) is 18.7 Å². The number of carbonyl (C=O) groups is 1. The molecule has 1 aliphatic rings. The summed E-state index contributed by atoms with van der Waals surface area (Å²) in [6, 6.07) is 3.64. The standard InChI is InChI=1S/C15H18N4O4S/c20-14(19-7-9-24(21,22)10-8-19)5-1-4-13-17-15(18-23-13)12-3-2-6-16-11-12/h2-3,6,11H,1,4-5,7-10H2. The molecule has 1 aliphatic heterocycles. The first-order chi connectivity index (χ1) is 11.5. The highest BCUT2D eigenvalue weighted by Crippen LogP contribution is 2.15. The van der Waals surface area contributed by atoms with Crippen molar-refractivity contribution in [1.29, 1.82) is 0 Å². The van der Waals surface area contributed by atoms with Gasteiger partial charge in [0.15, 0.2) is 9.84 Å². The lowest BCUT2D eigenvalue weighted by molar-refractivity contribution is -0.130. The van der Waals surface area contributed by atoms with Crippen LogP contribution in [0.25, 0.3) is 11.4 Å². The fourth-order valence-corrected chi connectivity index (χ4v) is 3.68. The van der Waals surface area contributed by atoms with E-state index in [1.165, 1.54) is 0 Å². The smallest absolute Gasteiger partial charge is 0.226 e. The maximum atomic E-state index is 12.1. The summed E-state index contributed by atoms with van der Waals surface area (Å²) in [6.07, 6.45) is 4.75. The van der Waals surface area contributed by atoms with Crippen molar-refractivity contribution in [2.24, 2.45) is 0 Å². The van der Waals surface area contributed by atoms with Crippen LogP contribution in [0.2, 0.25) is 0 Å². The fourth-order valence-electron chi connectivity index (χ4n) is 2.48. The maximum absolute atomic E-state index is 12.1. The molecule has 0 atom stereocenters. The SMILES string of the molecule is O=C(CCCc1nc(-c2cccnc2)no1)N1CCS(=O)(=O)CC1. The van der Waals surface area contributed by atoms with Crippen LogP contribution in [-0.4, -0.2) is 58.9 Å². The lowest BCUT2D eigenvalue weighted by Crippen LogP contribution is -2.43. The highest BCUT2D eigenvalue weighted by molar-refractivity contribution is 7.91. The van der Waals surface area contributed by atoms with E-state index in [2.05, 4.69) is 15.1 Å². The molecule has 3 rings (SSSR count). The summed E-state index contributed by atoms with van der Waals surface area (Å²) in [5, 5.41) is 3.90. The average Bonchev–Trinajstić information content (AvgIpc) is 3.04. The highest BCUT2D eigenvalue weighted by atomic mass is 32.2. The molecule has 0 unspecified atom stereocenters. The third-order valence-electron chi connectivity index (χ3n) is 3.87. The van der Waals surface area contributed by atoms with Gasteiger partial charge in [-0.1, -0.05) is 5.16 Å². The quantitative estimate of drug-likeness (QED) is 0.782. The monoisotopic (exact) mass is 350 g/mol. The van der Waals surface area contributed by atoms with Crippen molar-refractivity contribution < 1.29 is 17.7 Å². The van der Waals surface area contributed by atoms with Crippen LogP contribution in [0.15, 0.2) is 29.0 Å². The van der Waals surface area contributed by atoms with Gasteiger partial charge in [0, 0.05) is 43.9 Å². The summed E-state index contributed by atoms with van der Waals surface area (Å²) in [4.78, 5) is 22.0. The Balaban J connectivity index is 1.47. The summed E-state index contributed by atoms with van der Waals surface area (Å²) in [5.41, 5.74) is 0.776. The molecule has 2 aromatic rings. The van der Waals surface area contributed by atoms with Gasteiger partial charge in [-0.05, 0) is 18.6 Å². The van der Waals surface area contributed by atoms with E-state index in [1.807, 2.05) is 6.07 Å². The number of aromatic nitrogens is 3. The predicted molar refractivity (Wildman–Crippen MR) is 85.7 cm³/mol. The number of rotatable bonds is 5. The summed E-state index contributed by atoms with van der Waals surface area (Å²) in [7, 11) is -2.97. The van der Waals surface area contributed by atoms with Crippen LogP contribution in [0.5, 0.6) is 0 Å². The molecule has 3 heterocycles. The van der Waals surface area contributed by atoms with E-state index in [1.54, 1.807) is 23.4 Å². The fraction of sp³-hybridized carbons (Fsp3) is 0.467. The Labute approximate surface area is 139 Å². The van der Waals surface area contributed by atoms with Crippen LogP contribution in [0.4, 0.5) is 0 Å². The second kappa shape index (κ2) is 7.08. The number of hydrogen-bond donors (Lipinski definition) is 0. The molecule has 0 spiro atoms. The molecule has 9 heteroatoms. The molecule has 0 radical (unpaired) electrons. The third kappa shape index (κ3) is 4.16. The molecular weight excluding hydrogens is 332 g/mol. The summed E-state index contributed by atoms with van der Waals surface area (Å²) >= 11 is 0. The number of aryl methyl sites for hydroxylation is 1. The van der Waals surface area contributed by atoms with Crippen molar-refractivity contribution >= 4 is 15.7 Å². The van der Waals surface area contributed by atoms with Gasteiger partial charge in [-0.3, -0.25) is 9.78 Å². The van der Waals surface area contributed by atoms with Gasteiger partial charge >= 0.3 is 0 Å². The normalized spacial score (nSPS) is 16.9. The van der Waals surface area contributed by atoms with Crippen LogP contribution >= 0.6 is 0 Å². The van der Waals surface area contributed by atoms with Gasteiger partial charge in [-0.25, -0.2) is 8.42 Å². The third-order valence-corrected chi connectivity index (χ3v) is 5.48. The Kier molecular flexibility index (Phi) is 4.89. The molecule has 24 heavy (non-hydrogen) atoms. The first kappa shape index (κ1) is 16.6. The van der Waals surface area contributed by atoms with Crippen molar-refractivity contribution in [3.63, 3.8) is 0 Å². The molecule has 8 nitrogen and oxygen atoms in total. The van der Waals surface area contributed by atoms with Crippen LogP contribution < -0.4 is 0 Å². The minimum atomic E-state index is -2.97. The van der Waals surface area contributed by atoms with Crippen molar-refractivity contribution in [3.05, 3.63) is 30.4 Å². The van der Waals surface area contributed by atoms with Gasteiger partial charge in [0.05, 0.1) is 11.5 Å². The zero-order chi connectivity index (χ0) is 17.0. The van der Waals surface area contributed by atoms with Gasteiger partial charge < -0.3 is 9.42 Å². The zero-order valence-corrected chi connectivity index (χ0v) is 13.9. The first-order valence-electron chi connectivity index (χ1n) is 7.75. The summed E-state index contributed by atoms with van der Waals surface area (Å²) < 4.78 is 27.9. The lowest BCUT2D eigenvalue weighted by Gasteiger charge is -2.26. The van der Waals surface area contributed by atoms with Gasteiger partial charge in [-0.15, -0.1) is 0 Å². The summed E-state index contributed by atoms with van der Waals surface area (Å²) in [5.74, 6) is 1.03. The molecular formula is C15H18N4O4S. The average molecular weight is 350 g/mol. The molecule has 0 saturated carbocycles. The van der Waals surface area contributed by atoms with E-state index in [0.717, 1.165) is 5.56 Å². The molecule has 2 aromatic heterocycles. The Bertz CT molecular complexity index is 790. The van der Waals surface area contributed by atoms with Crippen molar-refractivity contribution in [3.8, 4) is 11.4 Å². The van der Waals surface area contributed by atoms with E-state index in [0.29, 0.717) is 31.0 Å². The second-order valence-corrected chi connectivity index (χ2v) is 7.94. The number of amides is 1. The maximum Gasteiger partial charge on any atom is 0.226 e. The molecule has 1 saturated heterocycles. The van der Waals surface area contributed by atoms with Crippen LogP contribution in [-0.2, 0) is 21.1 Å². The van der Waals surface area contributed by atoms with Crippen LogP contribution in [0.3, 0.4) is 0 Å². The topological polar surface area (TPSA) is 106 Å². The number of pyridine rings is 1. The van der Waals surface area contributed by atoms with Crippen LogP contribution in [0, 0.1) is 0 Å². The minimum Gasteiger partial charge on any atom is -0.341 e. The Morgan fingerprint density at radius 3 is 2.79 bits per heavy atom. The second-order valence-electron chi connectivity index (χ2n) is 5.64. The number of carbonyl (C=O) groups excluding carboxylic acids is 1. The van der Waals surface area contributed by atoms with Gasteiger partial charge in [0.2, 0.25) is 17.6 Å². The molecule has 1 amide bonds. The lowest BCUT2D eigenvalue weighted by atomic mass is 10.2. The largest absolute Gasteiger partial charge is 0.341 e. The minimum absolute atomic E-state index is 0.0306. The van der Waals surface area contributed by atoms with Gasteiger partial charge in [-0.2, -0.15) is 4.98 Å². The molecule has 0 N–H and O–H groups in total. The van der Waals surface area contributed by atoms with Gasteiger partial charge in [0.25, 0.3) is 0 Å². The Hall–Kier alpha value is -2.29. The Morgan fingerprint density at radius 2 is 2.08 bits per heavy atom.